The van der Waals surface area contributed by atoms with E-state index in [-0.39, 0.29) is 6.04 Å². The Hall–Kier alpha value is -1.25. The molecule has 2 aromatic rings. The zero-order valence-corrected chi connectivity index (χ0v) is 12.5. The van der Waals surface area contributed by atoms with Gasteiger partial charge in [0.05, 0.1) is 11.9 Å². The molecule has 0 aliphatic rings. The van der Waals surface area contributed by atoms with Gasteiger partial charge in [-0.25, -0.2) is 0 Å². The minimum Gasteiger partial charge on any atom is -0.367 e. The number of anilines is 1. The summed E-state index contributed by atoms with van der Waals surface area (Å²) in [6.45, 7) is 2.15. The van der Waals surface area contributed by atoms with Crippen LogP contribution in [-0.4, -0.2) is 12.0 Å². The van der Waals surface area contributed by atoms with Gasteiger partial charge in [0.1, 0.15) is 0 Å². The average molecular weight is 295 g/mol. The first-order valence-electron chi connectivity index (χ1n) is 6.10. The summed E-state index contributed by atoms with van der Waals surface area (Å²) in [5.41, 5.74) is 3.35. The van der Waals surface area contributed by atoms with Crippen molar-refractivity contribution in [3.63, 3.8) is 0 Å². The van der Waals surface area contributed by atoms with E-state index in [4.69, 9.17) is 23.2 Å². The summed E-state index contributed by atoms with van der Waals surface area (Å²) in [5.74, 6) is 0.459. The van der Waals surface area contributed by atoms with Gasteiger partial charge >= 0.3 is 0 Å². The Labute approximate surface area is 124 Å². The minimum absolute atomic E-state index is 0.238. The largest absolute Gasteiger partial charge is 0.367 e. The van der Waals surface area contributed by atoms with Crippen molar-refractivity contribution in [1.82, 2.24) is 4.98 Å². The molecule has 0 aliphatic heterocycles. The number of aromatic nitrogens is 1. The van der Waals surface area contributed by atoms with Gasteiger partial charge in [-0.15, -0.1) is 11.6 Å². The molecule has 0 spiro atoms. The van der Waals surface area contributed by atoms with Gasteiger partial charge in [0.15, 0.2) is 0 Å². The van der Waals surface area contributed by atoms with Gasteiger partial charge < -0.3 is 4.90 Å². The second kappa shape index (κ2) is 6.27. The molecule has 4 heteroatoms. The number of nitrogens with zero attached hydrogens (tertiary/aromatic N) is 2. The zero-order chi connectivity index (χ0) is 13.8. The van der Waals surface area contributed by atoms with Crippen molar-refractivity contribution in [3.05, 3.63) is 58.9 Å². The van der Waals surface area contributed by atoms with E-state index in [2.05, 4.69) is 23.9 Å². The maximum absolute atomic E-state index is 5.96. The van der Waals surface area contributed by atoms with E-state index in [9.17, 15) is 0 Å². The van der Waals surface area contributed by atoms with Gasteiger partial charge in [-0.2, -0.15) is 0 Å². The van der Waals surface area contributed by atoms with Crippen LogP contribution in [0.2, 0.25) is 5.02 Å². The first-order valence-corrected chi connectivity index (χ1v) is 7.02. The highest BCUT2D eigenvalue weighted by atomic mass is 35.5. The van der Waals surface area contributed by atoms with Crippen LogP contribution in [0.25, 0.3) is 0 Å². The molecule has 0 saturated carbocycles. The maximum atomic E-state index is 5.96. The molecule has 1 heterocycles. The number of alkyl halides is 1. The lowest BCUT2D eigenvalue weighted by Crippen LogP contribution is -2.22. The van der Waals surface area contributed by atoms with Crippen LogP contribution >= 0.6 is 23.2 Å². The van der Waals surface area contributed by atoms with E-state index >= 15 is 0 Å². The Bertz CT molecular complexity index is 540. The van der Waals surface area contributed by atoms with E-state index < -0.39 is 0 Å². The summed E-state index contributed by atoms with van der Waals surface area (Å²) in [7, 11) is 2.06. The molecule has 0 amide bonds. The van der Waals surface area contributed by atoms with E-state index in [1.165, 1.54) is 5.56 Å². The summed E-state index contributed by atoms with van der Waals surface area (Å²) < 4.78 is 0. The van der Waals surface area contributed by atoms with Crippen molar-refractivity contribution in [2.45, 2.75) is 18.8 Å². The highest BCUT2D eigenvalue weighted by Crippen LogP contribution is 2.28. The monoisotopic (exact) mass is 294 g/mol. The Morgan fingerprint density at radius 2 is 1.89 bits per heavy atom. The predicted molar refractivity (Wildman–Crippen MR) is 82.1 cm³/mol. The number of pyridine rings is 1. The van der Waals surface area contributed by atoms with Gasteiger partial charge in [-0.1, -0.05) is 23.7 Å². The fourth-order valence-corrected chi connectivity index (χ4v) is 2.37. The van der Waals surface area contributed by atoms with Crippen molar-refractivity contribution in [3.8, 4) is 0 Å². The van der Waals surface area contributed by atoms with E-state index in [0.29, 0.717) is 5.88 Å². The van der Waals surface area contributed by atoms with Crippen LogP contribution in [-0.2, 0) is 5.88 Å². The third kappa shape index (κ3) is 3.20. The van der Waals surface area contributed by atoms with E-state index in [1.54, 1.807) is 6.20 Å². The Kier molecular flexibility index (Phi) is 4.67. The second-order valence-corrected chi connectivity index (χ2v) is 5.18. The minimum atomic E-state index is 0.238. The molecule has 0 N–H and O–H groups in total. The number of hydrogen-bond acceptors (Lipinski definition) is 2. The SMILES string of the molecule is CC(c1ccc(Cl)cc1)N(C)c1ccncc1CCl. The van der Waals surface area contributed by atoms with Crippen molar-refractivity contribution in [2.24, 2.45) is 0 Å². The summed E-state index contributed by atoms with van der Waals surface area (Å²) in [5, 5.41) is 0.754. The molecule has 1 unspecified atom stereocenters. The van der Waals surface area contributed by atoms with Crippen molar-refractivity contribution >= 4 is 28.9 Å². The number of halogens is 2. The maximum Gasteiger partial charge on any atom is 0.0511 e. The standard InChI is InChI=1S/C15H16Cl2N2/c1-11(12-3-5-14(17)6-4-12)19(2)15-7-8-18-10-13(15)9-16/h3-8,10-11H,9H2,1-2H3. The van der Waals surface area contributed by atoms with Crippen LogP contribution in [0.15, 0.2) is 42.7 Å². The first-order chi connectivity index (χ1) is 9.13. The molecule has 1 aromatic heterocycles. The van der Waals surface area contributed by atoms with Crippen molar-refractivity contribution in [1.29, 1.82) is 0 Å². The lowest BCUT2D eigenvalue weighted by Gasteiger charge is -2.29. The molecule has 100 valence electrons. The van der Waals surface area contributed by atoms with Crippen LogP contribution in [0.5, 0.6) is 0 Å². The quantitative estimate of drug-likeness (QED) is 0.762. The molecule has 1 aromatic carbocycles. The number of rotatable bonds is 4. The molecule has 0 bridgehead atoms. The molecule has 0 saturated heterocycles. The Morgan fingerprint density at radius 1 is 1.21 bits per heavy atom. The molecule has 2 rings (SSSR count). The highest BCUT2D eigenvalue weighted by molar-refractivity contribution is 6.30. The molecule has 0 radical (unpaired) electrons. The van der Waals surface area contributed by atoms with Gasteiger partial charge in [0.25, 0.3) is 0 Å². The molecule has 2 nitrogen and oxygen atoms in total. The fraction of sp³-hybridized carbons (Fsp3) is 0.267. The van der Waals surface area contributed by atoms with Crippen LogP contribution in [0.1, 0.15) is 24.1 Å². The van der Waals surface area contributed by atoms with Gasteiger partial charge in [0.2, 0.25) is 0 Å². The number of benzene rings is 1. The number of hydrogen-bond donors (Lipinski definition) is 0. The normalized spacial score (nSPS) is 12.2. The second-order valence-electron chi connectivity index (χ2n) is 4.48. The van der Waals surface area contributed by atoms with E-state index in [1.807, 2.05) is 36.5 Å². The Balaban J connectivity index is 2.28. The lowest BCUT2D eigenvalue weighted by molar-refractivity contribution is 0.736. The summed E-state index contributed by atoms with van der Waals surface area (Å²) in [4.78, 5) is 6.31. The topological polar surface area (TPSA) is 16.1 Å². The summed E-state index contributed by atoms with van der Waals surface area (Å²) >= 11 is 11.9. The zero-order valence-electron chi connectivity index (χ0n) is 11.0. The molecular weight excluding hydrogens is 279 g/mol. The summed E-state index contributed by atoms with van der Waals surface area (Å²) in [6, 6.07) is 10.1. The van der Waals surface area contributed by atoms with Crippen LogP contribution in [0.4, 0.5) is 5.69 Å². The third-order valence-electron chi connectivity index (χ3n) is 3.34. The van der Waals surface area contributed by atoms with Crippen LogP contribution < -0.4 is 4.90 Å². The molecule has 0 fully saturated rings. The van der Waals surface area contributed by atoms with Gasteiger partial charge in [-0.05, 0) is 30.7 Å². The van der Waals surface area contributed by atoms with Crippen molar-refractivity contribution in [2.75, 3.05) is 11.9 Å². The highest BCUT2D eigenvalue weighted by Gasteiger charge is 2.14. The molecule has 1 atom stereocenters. The van der Waals surface area contributed by atoms with Crippen LogP contribution in [0.3, 0.4) is 0 Å². The predicted octanol–water partition coefficient (Wildman–Crippen LogP) is 4.67. The Morgan fingerprint density at radius 3 is 2.53 bits per heavy atom. The van der Waals surface area contributed by atoms with Gasteiger partial charge in [0, 0.05) is 35.7 Å². The van der Waals surface area contributed by atoms with Crippen molar-refractivity contribution < 1.29 is 0 Å². The van der Waals surface area contributed by atoms with E-state index in [0.717, 1.165) is 16.3 Å². The lowest BCUT2D eigenvalue weighted by atomic mass is 10.1. The van der Waals surface area contributed by atoms with Gasteiger partial charge in [-0.3, -0.25) is 4.98 Å². The van der Waals surface area contributed by atoms with Crippen LogP contribution in [0, 0.1) is 0 Å². The molecule has 19 heavy (non-hydrogen) atoms. The molecular formula is C15H16Cl2N2. The first kappa shape index (κ1) is 14.2. The summed E-state index contributed by atoms with van der Waals surface area (Å²) in [6.07, 6.45) is 3.60. The smallest absolute Gasteiger partial charge is 0.0511 e. The molecule has 0 aliphatic carbocycles. The average Bonchev–Trinajstić information content (AvgIpc) is 2.46. The fourth-order valence-electron chi connectivity index (χ4n) is 2.04. The third-order valence-corrected chi connectivity index (χ3v) is 3.88.